The minimum absolute atomic E-state index is 0.313. The molecule has 0 fully saturated rings. The minimum atomic E-state index is -1.21. The number of hydrogen-bond acceptors (Lipinski definition) is 3. The quantitative estimate of drug-likeness (QED) is 0.780. The lowest BCUT2D eigenvalue weighted by Gasteiger charge is -2.15. The van der Waals surface area contributed by atoms with Gasteiger partial charge in [-0.05, 0) is 43.2 Å². The fraction of sp³-hybridized carbons (Fsp3) is 0.263. The van der Waals surface area contributed by atoms with Crippen molar-refractivity contribution in [2.45, 2.75) is 42.1 Å². The summed E-state index contributed by atoms with van der Waals surface area (Å²) in [7, 11) is -1.21. The van der Waals surface area contributed by atoms with E-state index in [2.05, 4.69) is 0 Å². The largest absolute Gasteiger partial charge is 0.460 e. The molecule has 0 aliphatic heterocycles. The number of hydrogen-bond donors (Lipinski definition) is 1. The van der Waals surface area contributed by atoms with E-state index in [-0.39, 0.29) is 6.10 Å². The van der Waals surface area contributed by atoms with Crippen LogP contribution >= 0.6 is 0 Å². The molecule has 1 aromatic heterocycles. The lowest BCUT2D eigenvalue weighted by Crippen LogP contribution is -2.17. The zero-order valence-corrected chi connectivity index (χ0v) is 13.7. The Labute approximate surface area is 137 Å². The van der Waals surface area contributed by atoms with E-state index in [4.69, 9.17) is 4.42 Å². The third kappa shape index (κ3) is 2.52. The van der Waals surface area contributed by atoms with Gasteiger partial charge in [-0.1, -0.05) is 18.2 Å². The average molecular weight is 326 g/mol. The van der Waals surface area contributed by atoms with E-state index in [0.717, 1.165) is 50.5 Å². The summed E-state index contributed by atoms with van der Waals surface area (Å²) in [6.07, 6.45) is 1.81. The van der Waals surface area contributed by atoms with Crippen LogP contribution in [0.3, 0.4) is 0 Å². The molecule has 2 unspecified atom stereocenters. The van der Waals surface area contributed by atoms with Crippen LogP contribution in [0.4, 0.5) is 0 Å². The maximum Gasteiger partial charge on any atom is 0.137 e. The molecule has 2 atom stereocenters. The second kappa shape index (κ2) is 5.62. The normalized spacial score (nSPS) is 18.8. The first-order valence-corrected chi connectivity index (χ1v) is 8.98. The van der Waals surface area contributed by atoms with Crippen LogP contribution in [-0.4, -0.2) is 15.4 Å². The summed E-state index contributed by atoms with van der Waals surface area (Å²) in [5, 5.41) is 11.0. The van der Waals surface area contributed by atoms with Gasteiger partial charge in [-0.25, -0.2) is 4.21 Å². The summed E-state index contributed by atoms with van der Waals surface area (Å²) in [5.74, 6) is 0.969. The van der Waals surface area contributed by atoms with Crippen molar-refractivity contribution in [1.29, 1.82) is 0 Å². The first kappa shape index (κ1) is 14.7. The topological polar surface area (TPSA) is 50.4 Å². The van der Waals surface area contributed by atoms with Crippen LogP contribution in [0.1, 0.15) is 23.3 Å². The monoisotopic (exact) mass is 326 g/mol. The highest BCUT2D eigenvalue weighted by Gasteiger charge is 2.24. The highest BCUT2D eigenvalue weighted by Crippen LogP contribution is 2.35. The van der Waals surface area contributed by atoms with Gasteiger partial charge in [0.25, 0.3) is 0 Å². The van der Waals surface area contributed by atoms with Gasteiger partial charge in [0.05, 0.1) is 16.9 Å². The molecule has 118 valence electrons. The smallest absolute Gasteiger partial charge is 0.137 e. The summed E-state index contributed by atoms with van der Waals surface area (Å²) < 4.78 is 18.8. The van der Waals surface area contributed by atoms with Crippen LogP contribution in [0.2, 0.25) is 0 Å². The molecule has 1 aliphatic carbocycles. The summed E-state index contributed by atoms with van der Waals surface area (Å²) in [5.41, 5.74) is 2.93. The highest BCUT2D eigenvalue weighted by molar-refractivity contribution is 7.85. The molecule has 0 saturated heterocycles. The summed E-state index contributed by atoms with van der Waals surface area (Å²) >= 11 is 0. The molecule has 1 heterocycles. The fourth-order valence-electron chi connectivity index (χ4n) is 3.28. The number of benzene rings is 2. The third-order valence-electron chi connectivity index (χ3n) is 4.45. The van der Waals surface area contributed by atoms with Crippen molar-refractivity contribution >= 4 is 21.8 Å². The van der Waals surface area contributed by atoms with Crippen molar-refractivity contribution in [1.82, 2.24) is 0 Å². The van der Waals surface area contributed by atoms with Crippen LogP contribution in [0.25, 0.3) is 11.0 Å². The van der Waals surface area contributed by atoms with Gasteiger partial charge < -0.3 is 9.52 Å². The number of aliphatic hydroxyl groups excluding tert-OH is 1. The molecule has 0 radical (unpaired) electrons. The first-order chi connectivity index (χ1) is 11.1. The molecule has 3 aromatic rings. The maximum atomic E-state index is 12.8. The average Bonchev–Trinajstić information content (AvgIpc) is 2.93. The number of furan rings is 1. The second-order valence-electron chi connectivity index (χ2n) is 6.10. The highest BCUT2D eigenvalue weighted by atomic mass is 32.2. The van der Waals surface area contributed by atoms with Crippen LogP contribution < -0.4 is 0 Å². The lowest BCUT2D eigenvalue weighted by molar-refractivity contribution is 0.155. The zero-order chi connectivity index (χ0) is 16.0. The van der Waals surface area contributed by atoms with Gasteiger partial charge in [-0.2, -0.15) is 0 Å². The molecule has 0 spiro atoms. The van der Waals surface area contributed by atoms with Gasteiger partial charge >= 0.3 is 0 Å². The van der Waals surface area contributed by atoms with Gasteiger partial charge in [0.15, 0.2) is 0 Å². The molecule has 4 heteroatoms. The summed E-state index contributed by atoms with van der Waals surface area (Å²) in [4.78, 5) is 1.58. The Morgan fingerprint density at radius 3 is 2.74 bits per heavy atom. The maximum absolute atomic E-state index is 12.8. The first-order valence-electron chi connectivity index (χ1n) is 7.83. The lowest BCUT2D eigenvalue weighted by atomic mass is 9.93. The van der Waals surface area contributed by atoms with Crippen molar-refractivity contribution in [3.63, 3.8) is 0 Å². The summed E-state index contributed by atoms with van der Waals surface area (Å²) in [6, 6.07) is 13.4. The molecule has 1 aliphatic rings. The molecule has 3 nitrogen and oxygen atoms in total. The molecule has 2 aromatic carbocycles. The Kier molecular flexibility index (Phi) is 3.58. The van der Waals surface area contributed by atoms with Gasteiger partial charge in [-0.3, -0.25) is 0 Å². The minimum Gasteiger partial charge on any atom is -0.460 e. The molecule has 4 rings (SSSR count). The molecular formula is C19H18O3S. The summed E-state index contributed by atoms with van der Waals surface area (Å²) in [6.45, 7) is 1.99. The predicted molar refractivity (Wildman–Crippen MR) is 90.1 cm³/mol. The standard InChI is InChI=1S/C19H18O3S/c1-12-9-15(23(21)14-5-3-2-4-6-14)11-17-16-10-13(20)7-8-18(16)22-19(12)17/h2-6,9,11,13,20H,7-8,10H2,1H3. The van der Waals surface area contributed by atoms with Gasteiger partial charge in [0, 0.05) is 33.6 Å². The van der Waals surface area contributed by atoms with E-state index in [1.807, 2.05) is 49.4 Å². The Bertz CT molecular complexity index is 896. The Balaban J connectivity index is 1.86. The Morgan fingerprint density at radius 2 is 1.96 bits per heavy atom. The second-order valence-corrected chi connectivity index (χ2v) is 7.58. The van der Waals surface area contributed by atoms with Crippen LogP contribution in [0.15, 0.2) is 56.7 Å². The Morgan fingerprint density at radius 1 is 1.17 bits per heavy atom. The van der Waals surface area contributed by atoms with Crippen LogP contribution in [-0.2, 0) is 23.6 Å². The van der Waals surface area contributed by atoms with Crippen molar-refractivity contribution in [2.24, 2.45) is 0 Å². The molecular weight excluding hydrogens is 308 g/mol. The van der Waals surface area contributed by atoms with E-state index < -0.39 is 10.8 Å². The van der Waals surface area contributed by atoms with E-state index in [0.29, 0.717) is 6.42 Å². The van der Waals surface area contributed by atoms with Crippen LogP contribution in [0.5, 0.6) is 0 Å². The van der Waals surface area contributed by atoms with Crippen molar-refractivity contribution in [3.05, 3.63) is 59.4 Å². The predicted octanol–water partition coefficient (Wildman–Crippen LogP) is 3.76. The van der Waals surface area contributed by atoms with Gasteiger partial charge in [0.1, 0.15) is 11.3 Å². The van der Waals surface area contributed by atoms with Crippen molar-refractivity contribution in [3.8, 4) is 0 Å². The number of fused-ring (bicyclic) bond motifs is 3. The van der Waals surface area contributed by atoms with E-state index in [9.17, 15) is 9.32 Å². The van der Waals surface area contributed by atoms with Gasteiger partial charge in [0.2, 0.25) is 0 Å². The molecule has 0 saturated carbocycles. The van der Waals surface area contributed by atoms with Crippen molar-refractivity contribution in [2.75, 3.05) is 0 Å². The van der Waals surface area contributed by atoms with Crippen molar-refractivity contribution < 1.29 is 13.7 Å². The number of rotatable bonds is 2. The third-order valence-corrected chi connectivity index (χ3v) is 5.82. The van der Waals surface area contributed by atoms with E-state index >= 15 is 0 Å². The Hall–Kier alpha value is -1.91. The molecule has 1 N–H and O–H groups in total. The van der Waals surface area contributed by atoms with E-state index in [1.165, 1.54) is 0 Å². The van der Waals surface area contributed by atoms with Crippen LogP contribution in [0, 0.1) is 6.92 Å². The SMILES string of the molecule is Cc1cc(S(=O)c2ccccc2)cc2c3c(oc12)CCC(O)C3. The van der Waals surface area contributed by atoms with Gasteiger partial charge in [-0.15, -0.1) is 0 Å². The fourth-order valence-corrected chi connectivity index (χ4v) is 4.47. The zero-order valence-electron chi connectivity index (χ0n) is 12.9. The molecule has 23 heavy (non-hydrogen) atoms. The molecule has 0 bridgehead atoms. The number of aryl methyl sites for hydroxylation is 2. The molecule has 0 amide bonds. The van der Waals surface area contributed by atoms with E-state index in [1.54, 1.807) is 0 Å². The number of aliphatic hydroxyl groups is 1.